The van der Waals surface area contributed by atoms with Crippen LogP contribution >= 0.6 is 0 Å². The molecule has 0 aromatic heterocycles. The summed E-state index contributed by atoms with van der Waals surface area (Å²) in [7, 11) is 0. The number of hydrogen-bond donors (Lipinski definition) is 1. The smallest absolute Gasteiger partial charge is 0.0469 e. The van der Waals surface area contributed by atoms with Gasteiger partial charge in [-0.2, -0.15) is 0 Å². The molecule has 0 amide bonds. The number of nitrogens with one attached hydrogen (secondary N) is 1. The summed E-state index contributed by atoms with van der Waals surface area (Å²) in [6, 6.07) is 7.19. The molecule has 0 spiro atoms. The first-order valence-electron chi connectivity index (χ1n) is 7.61. The van der Waals surface area contributed by atoms with E-state index in [9.17, 15) is 0 Å². The third-order valence-corrected chi connectivity index (χ3v) is 4.33. The van der Waals surface area contributed by atoms with Crippen molar-refractivity contribution in [2.45, 2.75) is 46.1 Å². The minimum Gasteiger partial charge on any atom is -0.381 e. The maximum Gasteiger partial charge on any atom is 0.0469 e. The van der Waals surface area contributed by atoms with E-state index < -0.39 is 0 Å². The van der Waals surface area contributed by atoms with Crippen LogP contribution < -0.4 is 5.32 Å². The number of ether oxygens (including phenoxy) is 1. The molecule has 2 nitrogen and oxygen atoms in total. The number of rotatable bonds is 5. The van der Waals surface area contributed by atoms with E-state index in [0.717, 1.165) is 19.8 Å². The Morgan fingerprint density at radius 3 is 2.68 bits per heavy atom. The van der Waals surface area contributed by atoms with Crippen molar-refractivity contribution < 1.29 is 4.74 Å². The van der Waals surface area contributed by atoms with Crippen molar-refractivity contribution in [3.05, 3.63) is 34.9 Å². The minimum atomic E-state index is 0.490. The van der Waals surface area contributed by atoms with Crippen molar-refractivity contribution in [1.82, 2.24) is 5.32 Å². The summed E-state index contributed by atoms with van der Waals surface area (Å²) in [5.41, 5.74) is 4.33. The van der Waals surface area contributed by atoms with Gasteiger partial charge in [0.15, 0.2) is 0 Å². The monoisotopic (exact) mass is 261 g/mol. The zero-order valence-electron chi connectivity index (χ0n) is 12.5. The lowest BCUT2D eigenvalue weighted by molar-refractivity contribution is 0.0535. The van der Waals surface area contributed by atoms with Crippen molar-refractivity contribution in [2.75, 3.05) is 19.8 Å². The molecule has 1 atom stereocenters. The molecule has 106 valence electrons. The highest BCUT2D eigenvalue weighted by Gasteiger charge is 2.26. The molecule has 1 aromatic rings. The van der Waals surface area contributed by atoms with Crippen molar-refractivity contribution in [2.24, 2.45) is 5.92 Å². The van der Waals surface area contributed by atoms with Gasteiger partial charge in [-0.25, -0.2) is 0 Å². The van der Waals surface area contributed by atoms with E-state index in [2.05, 4.69) is 44.3 Å². The molecule has 2 rings (SSSR count). The molecule has 0 saturated carbocycles. The minimum absolute atomic E-state index is 0.490. The predicted octanol–water partition coefficient (Wildman–Crippen LogP) is 3.77. The van der Waals surface area contributed by atoms with Crippen LogP contribution in [-0.4, -0.2) is 19.8 Å². The first-order chi connectivity index (χ1) is 9.24. The Morgan fingerprint density at radius 1 is 1.26 bits per heavy atom. The standard InChI is InChI=1S/C17H27NO/c1-4-10-18-17(15-8-11-19-12-9-15)16-7-5-6-13(2)14(16)3/h5-7,15,17-18H,4,8-12H2,1-3H3. The average molecular weight is 261 g/mol. The zero-order valence-corrected chi connectivity index (χ0v) is 12.5. The molecule has 1 N–H and O–H groups in total. The molecule has 1 heterocycles. The molecule has 0 bridgehead atoms. The lowest BCUT2D eigenvalue weighted by atomic mass is 9.84. The molecule has 19 heavy (non-hydrogen) atoms. The van der Waals surface area contributed by atoms with E-state index >= 15 is 0 Å². The molecule has 1 aliphatic rings. The third-order valence-electron chi connectivity index (χ3n) is 4.33. The van der Waals surface area contributed by atoms with Crippen LogP contribution in [0.3, 0.4) is 0 Å². The number of benzene rings is 1. The highest BCUT2D eigenvalue weighted by Crippen LogP contribution is 2.32. The Bertz CT molecular complexity index is 396. The Kier molecular flexibility index (Phi) is 5.41. The highest BCUT2D eigenvalue weighted by atomic mass is 16.5. The zero-order chi connectivity index (χ0) is 13.7. The molecule has 1 fully saturated rings. The van der Waals surface area contributed by atoms with Gasteiger partial charge in [-0.05, 0) is 62.3 Å². The summed E-state index contributed by atoms with van der Waals surface area (Å²) in [5.74, 6) is 0.709. The Morgan fingerprint density at radius 2 is 2.00 bits per heavy atom. The van der Waals surface area contributed by atoms with E-state index in [4.69, 9.17) is 4.74 Å². The van der Waals surface area contributed by atoms with Crippen LogP contribution in [0.5, 0.6) is 0 Å². The molecule has 1 saturated heterocycles. The van der Waals surface area contributed by atoms with Gasteiger partial charge in [-0.3, -0.25) is 0 Å². The largest absolute Gasteiger partial charge is 0.381 e. The van der Waals surface area contributed by atoms with E-state index in [1.54, 1.807) is 0 Å². The van der Waals surface area contributed by atoms with Crippen LogP contribution in [0.1, 0.15) is 48.9 Å². The second-order valence-corrected chi connectivity index (χ2v) is 5.67. The normalized spacial score (nSPS) is 18.5. The molecule has 0 radical (unpaired) electrons. The Hall–Kier alpha value is -0.860. The molecule has 0 aliphatic carbocycles. The number of aryl methyl sites for hydroxylation is 1. The second kappa shape index (κ2) is 7.06. The maximum atomic E-state index is 5.52. The first kappa shape index (κ1) is 14.5. The Balaban J connectivity index is 2.22. The van der Waals surface area contributed by atoms with Gasteiger partial charge < -0.3 is 10.1 Å². The molecular weight excluding hydrogens is 234 g/mol. The van der Waals surface area contributed by atoms with Crippen LogP contribution in [0, 0.1) is 19.8 Å². The van der Waals surface area contributed by atoms with Gasteiger partial charge in [-0.1, -0.05) is 25.1 Å². The van der Waals surface area contributed by atoms with E-state index in [1.165, 1.54) is 36.0 Å². The van der Waals surface area contributed by atoms with Gasteiger partial charge in [0.05, 0.1) is 0 Å². The molecule has 2 heteroatoms. The molecule has 1 aliphatic heterocycles. The van der Waals surface area contributed by atoms with Crippen LogP contribution in [0.2, 0.25) is 0 Å². The van der Waals surface area contributed by atoms with Crippen molar-refractivity contribution in [3.8, 4) is 0 Å². The topological polar surface area (TPSA) is 21.3 Å². The highest BCUT2D eigenvalue weighted by molar-refractivity contribution is 5.35. The van der Waals surface area contributed by atoms with Gasteiger partial charge in [0.2, 0.25) is 0 Å². The van der Waals surface area contributed by atoms with E-state index in [1.807, 2.05) is 0 Å². The second-order valence-electron chi connectivity index (χ2n) is 5.67. The first-order valence-corrected chi connectivity index (χ1v) is 7.61. The fraction of sp³-hybridized carbons (Fsp3) is 0.647. The summed E-state index contributed by atoms with van der Waals surface area (Å²) >= 11 is 0. The molecule has 1 unspecified atom stereocenters. The molecular formula is C17H27NO. The lowest BCUT2D eigenvalue weighted by Gasteiger charge is -2.32. The predicted molar refractivity (Wildman–Crippen MR) is 80.5 cm³/mol. The van der Waals surface area contributed by atoms with Gasteiger partial charge in [0.25, 0.3) is 0 Å². The fourth-order valence-electron chi connectivity index (χ4n) is 2.99. The van der Waals surface area contributed by atoms with Crippen LogP contribution in [0.25, 0.3) is 0 Å². The SMILES string of the molecule is CCCNC(c1cccc(C)c1C)C1CCOCC1. The van der Waals surface area contributed by atoms with Crippen LogP contribution in [0.4, 0.5) is 0 Å². The summed E-state index contributed by atoms with van der Waals surface area (Å²) < 4.78 is 5.52. The summed E-state index contributed by atoms with van der Waals surface area (Å²) in [4.78, 5) is 0. The fourth-order valence-corrected chi connectivity index (χ4v) is 2.99. The van der Waals surface area contributed by atoms with Gasteiger partial charge in [0, 0.05) is 19.3 Å². The van der Waals surface area contributed by atoms with Crippen molar-refractivity contribution >= 4 is 0 Å². The lowest BCUT2D eigenvalue weighted by Crippen LogP contribution is -2.33. The summed E-state index contributed by atoms with van der Waals surface area (Å²) in [6.45, 7) is 9.62. The quantitative estimate of drug-likeness (QED) is 0.871. The Labute approximate surface area is 117 Å². The van der Waals surface area contributed by atoms with Crippen LogP contribution in [0.15, 0.2) is 18.2 Å². The summed E-state index contributed by atoms with van der Waals surface area (Å²) in [5, 5.41) is 3.77. The third kappa shape index (κ3) is 3.58. The molecule has 1 aromatic carbocycles. The van der Waals surface area contributed by atoms with Gasteiger partial charge in [0.1, 0.15) is 0 Å². The summed E-state index contributed by atoms with van der Waals surface area (Å²) in [6.07, 6.45) is 3.54. The van der Waals surface area contributed by atoms with Crippen molar-refractivity contribution in [3.63, 3.8) is 0 Å². The van der Waals surface area contributed by atoms with E-state index in [-0.39, 0.29) is 0 Å². The van der Waals surface area contributed by atoms with Gasteiger partial charge in [-0.15, -0.1) is 0 Å². The average Bonchev–Trinajstić information content (AvgIpc) is 2.45. The van der Waals surface area contributed by atoms with E-state index in [0.29, 0.717) is 12.0 Å². The number of hydrogen-bond acceptors (Lipinski definition) is 2. The maximum absolute atomic E-state index is 5.52. The van der Waals surface area contributed by atoms with Crippen LogP contribution in [-0.2, 0) is 4.74 Å². The van der Waals surface area contributed by atoms with Gasteiger partial charge >= 0.3 is 0 Å². The van der Waals surface area contributed by atoms with Crippen molar-refractivity contribution in [1.29, 1.82) is 0 Å².